The van der Waals surface area contributed by atoms with Crippen molar-refractivity contribution in [3.8, 4) is 0 Å². The molecular weight excluding hydrogens is 236 g/mol. The average molecular weight is 266 g/mol. The number of furan rings is 1. The fraction of sp³-hybridized carbons (Fsp3) is 0.750. The Hall–Kier alpha value is -0.800. The van der Waals surface area contributed by atoms with E-state index in [0.717, 1.165) is 18.7 Å². The fourth-order valence-electron chi connectivity index (χ4n) is 2.40. The van der Waals surface area contributed by atoms with Crippen molar-refractivity contribution in [2.24, 2.45) is 5.73 Å². The molecule has 1 aromatic heterocycles. The number of rotatable bonds is 9. The van der Waals surface area contributed by atoms with Crippen molar-refractivity contribution >= 4 is 0 Å². The predicted octanol–water partition coefficient (Wildman–Crippen LogP) is 3.71. The third-order valence-electron chi connectivity index (χ3n) is 4.30. The summed E-state index contributed by atoms with van der Waals surface area (Å²) < 4.78 is 5.37. The van der Waals surface area contributed by atoms with Gasteiger partial charge in [0.05, 0.1) is 6.26 Å². The summed E-state index contributed by atoms with van der Waals surface area (Å²) >= 11 is 0. The third-order valence-corrected chi connectivity index (χ3v) is 4.30. The second-order valence-electron chi connectivity index (χ2n) is 5.87. The van der Waals surface area contributed by atoms with Crippen LogP contribution in [-0.2, 0) is 6.54 Å². The van der Waals surface area contributed by atoms with Gasteiger partial charge >= 0.3 is 0 Å². The van der Waals surface area contributed by atoms with Crippen LogP contribution in [0, 0.1) is 6.92 Å². The summed E-state index contributed by atoms with van der Waals surface area (Å²) in [7, 11) is 2.17. The van der Waals surface area contributed by atoms with E-state index < -0.39 is 0 Å². The molecule has 0 aliphatic carbocycles. The Bertz CT molecular complexity index is 361. The van der Waals surface area contributed by atoms with Crippen molar-refractivity contribution in [3.63, 3.8) is 0 Å². The standard InChI is InChI=1S/C16H30N2O/c1-5-6-7-8-10-16(3,13-17)18(4)12-15-9-11-19-14(15)2/h9,11H,5-8,10,12-13,17H2,1-4H3. The number of aryl methyl sites for hydroxylation is 1. The van der Waals surface area contributed by atoms with E-state index >= 15 is 0 Å². The van der Waals surface area contributed by atoms with E-state index in [-0.39, 0.29) is 5.54 Å². The van der Waals surface area contributed by atoms with E-state index in [4.69, 9.17) is 10.2 Å². The van der Waals surface area contributed by atoms with Crippen LogP contribution in [0.2, 0.25) is 0 Å². The Balaban J connectivity index is 2.54. The first-order chi connectivity index (χ1) is 9.03. The number of likely N-dealkylation sites (N-methyl/N-ethyl adjacent to an activating group) is 1. The SMILES string of the molecule is CCCCCCC(C)(CN)N(C)Cc1ccoc1C. The largest absolute Gasteiger partial charge is 0.469 e. The summed E-state index contributed by atoms with van der Waals surface area (Å²) in [6.07, 6.45) is 8.10. The lowest BCUT2D eigenvalue weighted by atomic mass is 9.92. The second kappa shape index (κ2) is 7.71. The van der Waals surface area contributed by atoms with Gasteiger partial charge in [-0.25, -0.2) is 0 Å². The highest BCUT2D eigenvalue weighted by Crippen LogP contribution is 2.23. The van der Waals surface area contributed by atoms with Gasteiger partial charge in [-0.3, -0.25) is 4.90 Å². The van der Waals surface area contributed by atoms with Crippen LogP contribution in [0.5, 0.6) is 0 Å². The fourth-order valence-corrected chi connectivity index (χ4v) is 2.40. The van der Waals surface area contributed by atoms with E-state index in [1.165, 1.54) is 31.2 Å². The van der Waals surface area contributed by atoms with Gasteiger partial charge in [-0.15, -0.1) is 0 Å². The normalized spacial score (nSPS) is 14.8. The molecule has 1 heterocycles. The predicted molar refractivity (Wildman–Crippen MR) is 81.1 cm³/mol. The average Bonchev–Trinajstić information content (AvgIpc) is 2.80. The van der Waals surface area contributed by atoms with Crippen molar-refractivity contribution in [2.75, 3.05) is 13.6 Å². The van der Waals surface area contributed by atoms with Gasteiger partial charge in [0.1, 0.15) is 5.76 Å². The molecule has 0 aliphatic heterocycles. The van der Waals surface area contributed by atoms with Crippen LogP contribution in [0.4, 0.5) is 0 Å². The molecule has 110 valence electrons. The van der Waals surface area contributed by atoms with Gasteiger partial charge in [0.25, 0.3) is 0 Å². The first kappa shape index (κ1) is 16.3. The molecule has 3 nitrogen and oxygen atoms in total. The lowest BCUT2D eigenvalue weighted by Gasteiger charge is -2.38. The maximum atomic E-state index is 6.02. The van der Waals surface area contributed by atoms with Crippen LogP contribution in [0.3, 0.4) is 0 Å². The molecule has 2 N–H and O–H groups in total. The highest BCUT2D eigenvalue weighted by atomic mass is 16.3. The van der Waals surface area contributed by atoms with Crippen molar-refractivity contribution in [3.05, 3.63) is 23.7 Å². The Morgan fingerprint density at radius 1 is 1.32 bits per heavy atom. The monoisotopic (exact) mass is 266 g/mol. The summed E-state index contributed by atoms with van der Waals surface area (Å²) in [6, 6.07) is 2.06. The molecule has 0 amide bonds. The van der Waals surface area contributed by atoms with Crippen molar-refractivity contribution in [1.29, 1.82) is 0 Å². The molecule has 1 atom stereocenters. The second-order valence-corrected chi connectivity index (χ2v) is 5.87. The molecule has 0 aliphatic rings. The molecule has 1 unspecified atom stereocenters. The van der Waals surface area contributed by atoms with E-state index in [1.54, 1.807) is 6.26 Å². The molecule has 0 bridgehead atoms. The van der Waals surface area contributed by atoms with Gasteiger partial charge in [-0.05, 0) is 33.4 Å². The molecule has 0 spiro atoms. The zero-order valence-electron chi connectivity index (χ0n) is 13.0. The van der Waals surface area contributed by atoms with E-state index in [1.807, 2.05) is 6.92 Å². The first-order valence-electron chi connectivity index (χ1n) is 7.47. The molecule has 0 saturated heterocycles. The van der Waals surface area contributed by atoms with Crippen molar-refractivity contribution < 1.29 is 4.42 Å². The van der Waals surface area contributed by atoms with Gasteiger partial charge in [0.15, 0.2) is 0 Å². The third kappa shape index (κ3) is 4.66. The first-order valence-corrected chi connectivity index (χ1v) is 7.47. The highest BCUT2D eigenvalue weighted by Gasteiger charge is 2.27. The lowest BCUT2D eigenvalue weighted by molar-refractivity contribution is 0.122. The summed E-state index contributed by atoms with van der Waals surface area (Å²) in [5, 5.41) is 0. The molecule has 0 aromatic carbocycles. The number of hydrogen-bond acceptors (Lipinski definition) is 3. The topological polar surface area (TPSA) is 42.4 Å². The van der Waals surface area contributed by atoms with Crippen molar-refractivity contribution in [2.45, 2.75) is 65.0 Å². The van der Waals surface area contributed by atoms with Crippen LogP contribution in [0.15, 0.2) is 16.7 Å². The lowest BCUT2D eigenvalue weighted by Crippen LogP contribution is -2.49. The molecule has 19 heavy (non-hydrogen) atoms. The Morgan fingerprint density at radius 2 is 2.05 bits per heavy atom. The molecule has 0 radical (unpaired) electrons. The van der Waals surface area contributed by atoms with Gasteiger partial charge in [-0.1, -0.05) is 32.6 Å². The maximum Gasteiger partial charge on any atom is 0.105 e. The molecular formula is C16H30N2O. The summed E-state index contributed by atoms with van der Waals surface area (Å²) in [5.41, 5.74) is 7.37. The quantitative estimate of drug-likeness (QED) is 0.693. The summed E-state index contributed by atoms with van der Waals surface area (Å²) in [5.74, 6) is 1.01. The van der Waals surface area contributed by atoms with Gasteiger partial charge in [0, 0.05) is 24.2 Å². The van der Waals surface area contributed by atoms with E-state index in [2.05, 4.69) is 31.9 Å². The number of nitrogens with two attached hydrogens (primary N) is 1. The summed E-state index contributed by atoms with van der Waals surface area (Å²) in [4.78, 5) is 2.37. The molecule has 0 fully saturated rings. The van der Waals surface area contributed by atoms with E-state index in [0.29, 0.717) is 6.54 Å². The van der Waals surface area contributed by atoms with Crippen molar-refractivity contribution in [1.82, 2.24) is 4.90 Å². The zero-order chi connectivity index (χ0) is 14.3. The van der Waals surface area contributed by atoms with E-state index in [9.17, 15) is 0 Å². The number of unbranched alkanes of at least 4 members (excludes halogenated alkanes) is 3. The Kier molecular flexibility index (Phi) is 6.59. The van der Waals surface area contributed by atoms with Crippen LogP contribution in [0.1, 0.15) is 57.3 Å². The zero-order valence-corrected chi connectivity index (χ0v) is 13.0. The minimum Gasteiger partial charge on any atom is -0.469 e. The van der Waals surface area contributed by atoms with Crippen LogP contribution in [-0.4, -0.2) is 24.0 Å². The molecule has 1 aromatic rings. The summed E-state index contributed by atoms with van der Waals surface area (Å²) in [6.45, 7) is 8.14. The number of nitrogens with zero attached hydrogens (tertiary/aromatic N) is 1. The number of hydrogen-bond donors (Lipinski definition) is 1. The Labute approximate surface area is 118 Å². The minimum absolute atomic E-state index is 0.0808. The smallest absolute Gasteiger partial charge is 0.105 e. The van der Waals surface area contributed by atoms with Crippen LogP contribution < -0.4 is 5.73 Å². The van der Waals surface area contributed by atoms with Crippen LogP contribution in [0.25, 0.3) is 0 Å². The van der Waals surface area contributed by atoms with Crippen LogP contribution >= 0.6 is 0 Å². The van der Waals surface area contributed by atoms with Gasteiger partial charge in [-0.2, -0.15) is 0 Å². The minimum atomic E-state index is 0.0808. The molecule has 3 heteroatoms. The van der Waals surface area contributed by atoms with Gasteiger partial charge in [0.2, 0.25) is 0 Å². The molecule has 1 rings (SSSR count). The highest BCUT2D eigenvalue weighted by molar-refractivity contribution is 5.15. The Morgan fingerprint density at radius 3 is 2.58 bits per heavy atom. The molecule has 0 saturated carbocycles. The van der Waals surface area contributed by atoms with Gasteiger partial charge < -0.3 is 10.2 Å². The maximum absolute atomic E-state index is 6.02.